The number of nitrogens with one attached hydrogen (secondary N) is 1. The van der Waals surface area contributed by atoms with Crippen molar-refractivity contribution in [1.29, 1.82) is 0 Å². The van der Waals surface area contributed by atoms with E-state index in [1.165, 1.54) is 18.2 Å². The van der Waals surface area contributed by atoms with E-state index in [0.717, 1.165) is 12.1 Å². The molecule has 0 saturated carbocycles. The molecule has 0 aliphatic rings. The molecule has 1 aromatic carbocycles. The van der Waals surface area contributed by atoms with Crippen LogP contribution >= 0.6 is 0 Å². The molecule has 2 aromatic rings. The van der Waals surface area contributed by atoms with Crippen molar-refractivity contribution >= 4 is 0 Å². The first kappa shape index (κ1) is 14.6. The quantitative estimate of drug-likeness (QED) is 0.877. The highest BCUT2D eigenvalue weighted by Gasteiger charge is 2.15. The van der Waals surface area contributed by atoms with Gasteiger partial charge in [0, 0.05) is 24.0 Å². The third-order valence-electron chi connectivity index (χ3n) is 3.21. The Morgan fingerprint density at radius 3 is 2.45 bits per heavy atom. The van der Waals surface area contributed by atoms with Crippen molar-refractivity contribution in [2.45, 2.75) is 25.8 Å². The van der Waals surface area contributed by atoms with E-state index in [0.29, 0.717) is 12.8 Å². The molecule has 1 aromatic heterocycles. The Morgan fingerprint density at radius 2 is 1.85 bits per heavy atom. The second-order valence-electron chi connectivity index (χ2n) is 4.72. The third kappa shape index (κ3) is 3.84. The summed E-state index contributed by atoms with van der Waals surface area (Å²) >= 11 is 0. The number of halogens is 2. The van der Waals surface area contributed by atoms with Crippen molar-refractivity contribution < 1.29 is 8.78 Å². The Kier molecular flexibility index (Phi) is 5.18. The second kappa shape index (κ2) is 7.10. The largest absolute Gasteiger partial charge is 0.314 e. The van der Waals surface area contributed by atoms with Crippen LogP contribution < -0.4 is 5.32 Å². The van der Waals surface area contributed by atoms with Gasteiger partial charge in [-0.05, 0) is 43.1 Å². The smallest absolute Gasteiger partial charge is 0.129 e. The zero-order chi connectivity index (χ0) is 14.4. The molecule has 1 unspecified atom stereocenters. The van der Waals surface area contributed by atoms with Crippen LogP contribution in [0.3, 0.4) is 0 Å². The topological polar surface area (TPSA) is 24.9 Å². The van der Waals surface area contributed by atoms with Crippen molar-refractivity contribution in [3.8, 4) is 0 Å². The first-order chi connectivity index (χ1) is 9.70. The molecule has 0 bridgehead atoms. The van der Waals surface area contributed by atoms with Crippen LogP contribution in [0.4, 0.5) is 8.78 Å². The molecule has 1 N–H and O–H groups in total. The van der Waals surface area contributed by atoms with Crippen LogP contribution in [0.2, 0.25) is 0 Å². The van der Waals surface area contributed by atoms with Crippen molar-refractivity contribution in [2.24, 2.45) is 0 Å². The first-order valence-corrected chi connectivity index (χ1v) is 6.76. The van der Waals surface area contributed by atoms with Gasteiger partial charge >= 0.3 is 0 Å². The summed E-state index contributed by atoms with van der Waals surface area (Å²) < 4.78 is 27.4. The van der Waals surface area contributed by atoms with Gasteiger partial charge in [0.1, 0.15) is 11.6 Å². The van der Waals surface area contributed by atoms with E-state index in [4.69, 9.17) is 0 Å². The molecule has 2 nitrogen and oxygen atoms in total. The Hall–Kier alpha value is -1.81. The van der Waals surface area contributed by atoms with Gasteiger partial charge in [0.25, 0.3) is 0 Å². The van der Waals surface area contributed by atoms with Gasteiger partial charge < -0.3 is 5.32 Å². The van der Waals surface area contributed by atoms with Gasteiger partial charge in [-0.2, -0.15) is 0 Å². The minimum Gasteiger partial charge on any atom is -0.314 e. The van der Waals surface area contributed by atoms with Crippen molar-refractivity contribution in [1.82, 2.24) is 10.3 Å². The molecule has 2 rings (SSSR count). The number of benzene rings is 1. The molecule has 4 heteroatoms. The predicted octanol–water partition coefficient (Wildman–Crippen LogP) is 3.12. The van der Waals surface area contributed by atoms with Crippen LogP contribution in [0.5, 0.6) is 0 Å². The summed E-state index contributed by atoms with van der Waals surface area (Å²) in [4.78, 5) is 4.06. The molecule has 0 amide bonds. The van der Waals surface area contributed by atoms with Gasteiger partial charge in [0.15, 0.2) is 0 Å². The molecule has 1 heterocycles. The maximum atomic E-state index is 13.7. The third-order valence-corrected chi connectivity index (χ3v) is 3.21. The fourth-order valence-corrected chi connectivity index (χ4v) is 2.28. The van der Waals surface area contributed by atoms with Gasteiger partial charge in [-0.1, -0.05) is 19.1 Å². The average Bonchev–Trinajstić information content (AvgIpc) is 2.44. The van der Waals surface area contributed by atoms with Gasteiger partial charge in [0.05, 0.1) is 0 Å². The Morgan fingerprint density at radius 1 is 1.10 bits per heavy atom. The number of aromatic nitrogens is 1. The molecule has 0 aliphatic carbocycles. The predicted molar refractivity (Wildman–Crippen MR) is 75.5 cm³/mol. The summed E-state index contributed by atoms with van der Waals surface area (Å²) in [6.45, 7) is 2.73. The molecule has 0 fully saturated rings. The Labute approximate surface area is 117 Å². The molecular weight excluding hydrogens is 258 g/mol. The molecule has 20 heavy (non-hydrogen) atoms. The summed E-state index contributed by atoms with van der Waals surface area (Å²) in [5.41, 5.74) is 1.19. The molecule has 0 saturated heterocycles. The Balaban J connectivity index is 2.13. The van der Waals surface area contributed by atoms with Crippen molar-refractivity contribution in [3.63, 3.8) is 0 Å². The molecule has 0 spiro atoms. The van der Waals surface area contributed by atoms with Crippen LogP contribution in [0.15, 0.2) is 42.7 Å². The summed E-state index contributed by atoms with van der Waals surface area (Å²) in [7, 11) is 0. The number of nitrogens with zero attached hydrogens (tertiary/aromatic N) is 1. The maximum Gasteiger partial charge on any atom is 0.129 e. The highest BCUT2D eigenvalue weighted by Crippen LogP contribution is 2.16. The highest BCUT2D eigenvalue weighted by atomic mass is 19.1. The zero-order valence-corrected chi connectivity index (χ0v) is 11.4. The summed E-state index contributed by atoms with van der Waals surface area (Å²) in [6, 6.07) is 7.79. The zero-order valence-electron chi connectivity index (χ0n) is 11.4. The van der Waals surface area contributed by atoms with E-state index < -0.39 is 11.6 Å². The van der Waals surface area contributed by atoms with Crippen molar-refractivity contribution in [2.75, 3.05) is 6.54 Å². The minimum atomic E-state index is -0.487. The number of pyridine rings is 1. The first-order valence-electron chi connectivity index (χ1n) is 6.76. The van der Waals surface area contributed by atoms with E-state index in [1.807, 2.05) is 19.1 Å². The fourth-order valence-electron chi connectivity index (χ4n) is 2.28. The average molecular weight is 276 g/mol. The van der Waals surface area contributed by atoms with E-state index in [9.17, 15) is 8.78 Å². The maximum absolute atomic E-state index is 13.7. The lowest BCUT2D eigenvalue weighted by Crippen LogP contribution is -2.33. The second-order valence-corrected chi connectivity index (χ2v) is 4.72. The minimum absolute atomic E-state index is 0.0180. The molecule has 0 aliphatic heterocycles. The van der Waals surface area contributed by atoms with E-state index in [2.05, 4.69) is 10.3 Å². The number of hydrogen-bond acceptors (Lipinski definition) is 2. The van der Waals surface area contributed by atoms with Crippen LogP contribution in [0, 0.1) is 11.6 Å². The van der Waals surface area contributed by atoms with Crippen molar-refractivity contribution in [3.05, 3.63) is 65.5 Å². The number of hydrogen-bond donors (Lipinski definition) is 1. The van der Waals surface area contributed by atoms with Gasteiger partial charge in [0.2, 0.25) is 0 Å². The molecule has 106 valence electrons. The fraction of sp³-hybridized carbons (Fsp3) is 0.312. The van der Waals surface area contributed by atoms with Crippen LogP contribution in [0.25, 0.3) is 0 Å². The lowest BCUT2D eigenvalue weighted by atomic mass is 9.99. The number of likely N-dealkylation sites (N-methyl/N-ethyl adjacent to an activating group) is 1. The normalized spacial score (nSPS) is 12.3. The highest BCUT2D eigenvalue weighted by molar-refractivity contribution is 5.21. The summed E-state index contributed by atoms with van der Waals surface area (Å²) in [6.07, 6.45) is 4.50. The van der Waals surface area contributed by atoms with E-state index in [1.54, 1.807) is 12.4 Å². The Bertz CT molecular complexity index is 523. The van der Waals surface area contributed by atoms with E-state index in [-0.39, 0.29) is 11.6 Å². The van der Waals surface area contributed by atoms with Crippen LogP contribution in [-0.4, -0.2) is 17.6 Å². The molecule has 1 atom stereocenters. The lowest BCUT2D eigenvalue weighted by Gasteiger charge is -2.18. The number of rotatable bonds is 6. The standard InChI is InChI=1S/C16H18F2N2/c1-2-20-13(9-12-5-4-8-19-11-12)10-14-15(17)6-3-7-16(14)18/h3-8,11,13,20H,2,9-10H2,1H3. The summed E-state index contributed by atoms with van der Waals surface area (Å²) in [5, 5.41) is 3.27. The van der Waals surface area contributed by atoms with Crippen LogP contribution in [-0.2, 0) is 12.8 Å². The molecule has 0 radical (unpaired) electrons. The van der Waals surface area contributed by atoms with E-state index >= 15 is 0 Å². The molecular formula is C16H18F2N2. The van der Waals surface area contributed by atoms with Gasteiger partial charge in [-0.15, -0.1) is 0 Å². The van der Waals surface area contributed by atoms with Gasteiger partial charge in [-0.25, -0.2) is 8.78 Å². The summed E-state index contributed by atoms with van der Waals surface area (Å²) in [5.74, 6) is -0.974. The van der Waals surface area contributed by atoms with Crippen LogP contribution in [0.1, 0.15) is 18.1 Å². The lowest BCUT2D eigenvalue weighted by molar-refractivity contribution is 0.484. The van der Waals surface area contributed by atoms with Gasteiger partial charge in [-0.3, -0.25) is 4.98 Å². The monoisotopic (exact) mass is 276 g/mol. The SMILES string of the molecule is CCNC(Cc1cccnc1)Cc1c(F)cccc1F.